The zero-order chi connectivity index (χ0) is 14.9. The third kappa shape index (κ3) is 2.87. The zero-order valence-electron chi connectivity index (χ0n) is 12.1. The molecule has 0 fully saturated rings. The number of benzene rings is 2. The van der Waals surface area contributed by atoms with E-state index in [-0.39, 0.29) is 11.5 Å². The highest BCUT2D eigenvalue weighted by Crippen LogP contribution is 2.30. The molecule has 0 heterocycles. The second-order valence-electron chi connectivity index (χ2n) is 5.01. The van der Waals surface area contributed by atoms with Crippen molar-refractivity contribution in [2.24, 2.45) is 0 Å². The van der Waals surface area contributed by atoms with Crippen molar-refractivity contribution in [3.8, 4) is 11.5 Å². The van der Waals surface area contributed by atoms with Gasteiger partial charge in [0.05, 0.1) is 0 Å². The van der Waals surface area contributed by atoms with Crippen LogP contribution >= 0.6 is 0 Å². The molecule has 0 radical (unpaired) electrons. The molecular weight excluding hydrogens is 255 g/mol. The van der Waals surface area contributed by atoms with E-state index in [0.29, 0.717) is 11.3 Å². The molecule has 0 bridgehead atoms. The maximum atomic E-state index is 14.0. The lowest BCUT2D eigenvalue weighted by Gasteiger charge is -2.13. The Morgan fingerprint density at radius 2 is 1.75 bits per heavy atom. The Morgan fingerprint density at radius 1 is 1.05 bits per heavy atom. The van der Waals surface area contributed by atoms with E-state index < -0.39 is 5.82 Å². The molecule has 3 heteroatoms. The van der Waals surface area contributed by atoms with Crippen molar-refractivity contribution in [2.45, 2.75) is 27.7 Å². The summed E-state index contributed by atoms with van der Waals surface area (Å²) in [5, 5.41) is 0. The number of halogens is 1. The minimum absolute atomic E-state index is 0.128. The summed E-state index contributed by atoms with van der Waals surface area (Å²) in [6.07, 6.45) is 0. The number of carbonyl (C=O) groups excluding carboxylic acids is 1. The quantitative estimate of drug-likeness (QED) is 0.754. The van der Waals surface area contributed by atoms with Crippen molar-refractivity contribution in [1.29, 1.82) is 0 Å². The lowest BCUT2D eigenvalue weighted by atomic mass is 10.1. The van der Waals surface area contributed by atoms with E-state index >= 15 is 0 Å². The highest BCUT2D eigenvalue weighted by Gasteiger charge is 2.11. The van der Waals surface area contributed by atoms with Crippen molar-refractivity contribution >= 4 is 5.78 Å². The van der Waals surface area contributed by atoms with E-state index in [1.165, 1.54) is 19.1 Å². The van der Waals surface area contributed by atoms with Crippen LogP contribution in [0, 0.1) is 26.6 Å². The van der Waals surface area contributed by atoms with Gasteiger partial charge in [0.15, 0.2) is 17.3 Å². The second kappa shape index (κ2) is 5.45. The van der Waals surface area contributed by atoms with Crippen LogP contribution in [0.2, 0.25) is 0 Å². The highest BCUT2D eigenvalue weighted by molar-refractivity contribution is 5.94. The molecule has 0 atom stereocenters. The van der Waals surface area contributed by atoms with Crippen LogP contribution in [0.3, 0.4) is 0 Å². The van der Waals surface area contributed by atoms with Crippen molar-refractivity contribution < 1.29 is 13.9 Å². The van der Waals surface area contributed by atoms with Crippen LogP contribution in [0.1, 0.15) is 34.0 Å². The molecule has 0 amide bonds. The van der Waals surface area contributed by atoms with Gasteiger partial charge in [0.1, 0.15) is 5.75 Å². The molecule has 2 nitrogen and oxygen atoms in total. The van der Waals surface area contributed by atoms with Gasteiger partial charge in [-0.3, -0.25) is 4.79 Å². The average Bonchev–Trinajstić information content (AvgIpc) is 2.37. The summed E-state index contributed by atoms with van der Waals surface area (Å²) < 4.78 is 19.6. The monoisotopic (exact) mass is 272 g/mol. The summed E-state index contributed by atoms with van der Waals surface area (Å²) in [4.78, 5) is 11.2. The number of hydrogen-bond donors (Lipinski definition) is 0. The lowest BCUT2D eigenvalue weighted by Crippen LogP contribution is -1.97. The molecule has 2 aromatic carbocycles. The molecule has 0 N–H and O–H groups in total. The van der Waals surface area contributed by atoms with Crippen molar-refractivity contribution in [2.75, 3.05) is 0 Å². The largest absolute Gasteiger partial charge is 0.454 e. The Balaban J connectivity index is 2.38. The van der Waals surface area contributed by atoms with Crippen LogP contribution in [-0.2, 0) is 0 Å². The van der Waals surface area contributed by atoms with Crippen molar-refractivity contribution in [1.82, 2.24) is 0 Å². The van der Waals surface area contributed by atoms with E-state index in [0.717, 1.165) is 16.7 Å². The summed E-state index contributed by atoms with van der Waals surface area (Å²) in [6, 6.07) is 8.19. The summed E-state index contributed by atoms with van der Waals surface area (Å²) in [5.74, 6) is 0.0642. The number of carbonyl (C=O) groups is 1. The average molecular weight is 272 g/mol. The molecule has 0 aliphatic carbocycles. The topological polar surface area (TPSA) is 26.3 Å². The van der Waals surface area contributed by atoms with Crippen LogP contribution in [0.25, 0.3) is 0 Å². The zero-order valence-corrected chi connectivity index (χ0v) is 12.1. The van der Waals surface area contributed by atoms with E-state index in [1.807, 2.05) is 26.8 Å². The minimum Gasteiger partial charge on any atom is -0.454 e. The summed E-state index contributed by atoms with van der Waals surface area (Å²) in [7, 11) is 0. The predicted molar refractivity (Wildman–Crippen MR) is 77.1 cm³/mol. The van der Waals surface area contributed by atoms with Gasteiger partial charge in [0, 0.05) is 5.56 Å². The standard InChI is InChI=1S/C17H17FO2/c1-10-7-11(2)12(3)17(8-10)20-16-6-5-14(13(4)19)9-15(16)18/h5-9H,1-4H3. The molecule has 104 valence electrons. The number of ketones is 1. The second-order valence-corrected chi connectivity index (χ2v) is 5.01. The Hall–Kier alpha value is -2.16. The van der Waals surface area contributed by atoms with Crippen LogP contribution in [0.4, 0.5) is 4.39 Å². The normalized spacial score (nSPS) is 10.4. The van der Waals surface area contributed by atoms with Gasteiger partial charge in [-0.05, 0) is 68.7 Å². The smallest absolute Gasteiger partial charge is 0.166 e. The van der Waals surface area contributed by atoms with Gasteiger partial charge < -0.3 is 4.74 Å². The van der Waals surface area contributed by atoms with Crippen LogP contribution in [-0.4, -0.2) is 5.78 Å². The van der Waals surface area contributed by atoms with E-state index in [1.54, 1.807) is 6.07 Å². The number of Topliss-reactive ketones (excluding diaryl/α,β-unsaturated/α-hetero) is 1. The van der Waals surface area contributed by atoms with Gasteiger partial charge in [-0.2, -0.15) is 0 Å². The van der Waals surface area contributed by atoms with Gasteiger partial charge in [0.25, 0.3) is 0 Å². The molecule has 0 saturated carbocycles. The summed E-state index contributed by atoms with van der Waals surface area (Å²) >= 11 is 0. The first-order valence-electron chi connectivity index (χ1n) is 6.44. The first-order chi connectivity index (χ1) is 9.38. The van der Waals surface area contributed by atoms with Crippen LogP contribution in [0.5, 0.6) is 11.5 Å². The van der Waals surface area contributed by atoms with E-state index in [4.69, 9.17) is 4.74 Å². The Morgan fingerprint density at radius 3 is 2.35 bits per heavy atom. The number of rotatable bonds is 3. The maximum Gasteiger partial charge on any atom is 0.166 e. The number of hydrogen-bond acceptors (Lipinski definition) is 2. The van der Waals surface area contributed by atoms with Crippen molar-refractivity contribution in [3.63, 3.8) is 0 Å². The third-order valence-electron chi connectivity index (χ3n) is 3.32. The molecular formula is C17H17FO2. The SMILES string of the molecule is CC(=O)c1ccc(Oc2cc(C)cc(C)c2C)c(F)c1. The molecule has 20 heavy (non-hydrogen) atoms. The minimum atomic E-state index is -0.531. The number of aryl methyl sites for hydroxylation is 2. The predicted octanol–water partition coefficient (Wildman–Crippen LogP) is 4.75. The van der Waals surface area contributed by atoms with Gasteiger partial charge in [0.2, 0.25) is 0 Å². The van der Waals surface area contributed by atoms with Gasteiger partial charge in [-0.15, -0.1) is 0 Å². The maximum absolute atomic E-state index is 14.0. The molecule has 0 unspecified atom stereocenters. The molecule has 0 aromatic heterocycles. The Labute approximate surface area is 118 Å². The van der Waals surface area contributed by atoms with Gasteiger partial charge >= 0.3 is 0 Å². The molecule has 0 spiro atoms. The first-order valence-corrected chi connectivity index (χ1v) is 6.44. The van der Waals surface area contributed by atoms with Crippen molar-refractivity contribution in [3.05, 3.63) is 58.4 Å². The first kappa shape index (κ1) is 14.3. The lowest BCUT2D eigenvalue weighted by molar-refractivity contribution is 0.101. The molecule has 0 aliphatic heterocycles. The molecule has 2 rings (SSSR count). The summed E-state index contributed by atoms with van der Waals surface area (Å²) in [6.45, 7) is 7.30. The highest BCUT2D eigenvalue weighted by atomic mass is 19.1. The van der Waals surface area contributed by atoms with Gasteiger partial charge in [-0.1, -0.05) is 6.07 Å². The third-order valence-corrected chi connectivity index (χ3v) is 3.32. The fourth-order valence-electron chi connectivity index (χ4n) is 2.03. The Kier molecular flexibility index (Phi) is 3.89. The fourth-order valence-corrected chi connectivity index (χ4v) is 2.03. The fraction of sp³-hybridized carbons (Fsp3) is 0.235. The molecule has 2 aromatic rings. The molecule has 0 aliphatic rings. The van der Waals surface area contributed by atoms with E-state index in [9.17, 15) is 9.18 Å². The van der Waals surface area contributed by atoms with E-state index in [2.05, 4.69) is 6.07 Å². The van der Waals surface area contributed by atoms with Crippen LogP contribution in [0.15, 0.2) is 30.3 Å². The molecule has 0 saturated heterocycles. The number of ether oxygens (including phenoxy) is 1. The summed E-state index contributed by atoms with van der Waals surface area (Å²) in [5.41, 5.74) is 3.47. The Bertz CT molecular complexity index is 675. The van der Waals surface area contributed by atoms with Gasteiger partial charge in [-0.25, -0.2) is 4.39 Å². The van der Waals surface area contributed by atoms with Crippen LogP contribution < -0.4 is 4.74 Å².